The third-order valence-electron chi connectivity index (χ3n) is 5.16. The zero-order valence-electron chi connectivity index (χ0n) is 15.9. The van der Waals surface area contributed by atoms with Crippen LogP contribution < -0.4 is 10.6 Å². The first-order valence-electron chi connectivity index (χ1n) is 9.65. The smallest absolute Gasteiger partial charge is 0.317 e. The number of carbonyl (C=O) groups excluding carboxylic acids is 2. The Bertz CT molecular complexity index is 809. The molecule has 28 heavy (non-hydrogen) atoms. The van der Waals surface area contributed by atoms with Crippen LogP contribution in [0, 0.1) is 0 Å². The van der Waals surface area contributed by atoms with E-state index in [1.54, 1.807) is 22.5 Å². The van der Waals surface area contributed by atoms with Crippen LogP contribution in [0.3, 0.4) is 0 Å². The van der Waals surface area contributed by atoms with Crippen LogP contribution in [0.5, 0.6) is 0 Å². The molecule has 0 bridgehead atoms. The average molecular weight is 404 g/mol. The van der Waals surface area contributed by atoms with Crippen molar-refractivity contribution in [2.45, 2.75) is 38.4 Å². The first-order valence-corrected chi connectivity index (χ1v) is 10.5. The maximum atomic E-state index is 12.4. The summed E-state index contributed by atoms with van der Waals surface area (Å²) in [4.78, 5) is 33.9. The molecule has 1 unspecified atom stereocenters. The van der Waals surface area contributed by atoms with Gasteiger partial charge in [-0.1, -0.05) is 6.07 Å². The lowest BCUT2D eigenvalue weighted by atomic mass is 10.2. The van der Waals surface area contributed by atoms with Crippen molar-refractivity contribution in [1.82, 2.24) is 25.4 Å². The number of aromatic nitrogens is 1. The number of urea groups is 1. The Morgan fingerprint density at radius 1 is 1.32 bits per heavy atom. The molecule has 3 heterocycles. The number of amides is 3. The molecule has 1 saturated carbocycles. The maximum absolute atomic E-state index is 12.4. The minimum absolute atomic E-state index is 0.0907. The third-order valence-corrected chi connectivity index (χ3v) is 6.01. The highest BCUT2D eigenvalue weighted by Gasteiger charge is 2.30. The molecule has 2 aromatic rings. The van der Waals surface area contributed by atoms with Crippen LogP contribution in [-0.4, -0.2) is 65.0 Å². The maximum Gasteiger partial charge on any atom is 0.317 e. The van der Waals surface area contributed by atoms with Gasteiger partial charge in [0.1, 0.15) is 6.26 Å². The lowest BCUT2D eigenvalue weighted by Gasteiger charge is -2.37. The number of piperazine rings is 1. The van der Waals surface area contributed by atoms with Gasteiger partial charge in [-0.2, -0.15) is 0 Å². The van der Waals surface area contributed by atoms with Crippen molar-refractivity contribution in [3.8, 4) is 10.8 Å². The Morgan fingerprint density at radius 2 is 2.11 bits per heavy atom. The zero-order valence-corrected chi connectivity index (χ0v) is 16.7. The van der Waals surface area contributed by atoms with Gasteiger partial charge in [0, 0.05) is 32.2 Å². The van der Waals surface area contributed by atoms with E-state index in [1.165, 1.54) is 0 Å². The molecule has 2 aliphatic rings. The number of carbonyl (C=O) groups is 2. The second kappa shape index (κ2) is 8.32. The lowest BCUT2D eigenvalue weighted by Crippen LogP contribution is -2.56. The van der Waals surface area contributed by atoms with Crippen LogP contribution >= 0.6 is 11.3 Å². The summed E-state index contributed by atoms with van der Waals surface area (Å²) >= 11 is 1.56. The highest BCUT2D eigenvalue weighted by Crippen LogP contribution is 2.23. The molecule has 2 N–H and O–H groups in total. The number of oxazole rings is 1. The summed E-state index contributed by atoms with van der Waals surface area (Å²) in [5.74, 6) is 0.666. The van der Waals surface area contributed by atoms with Crippen molar-refractivity contribution >= 4 is 23.3 Å². The Kier molecular flexibility index (Phi) is 5.63. The zero-order chi connectivity index (χ0) is 19.5. The molecule has 1 aliphatic heterocycles. The molecule has 3 amide bonds. The van der Waals surface area contributed by atoms with E-state index in [4.69, 9.17) is 4.42 Å². The Morgan fingerprint density at radius 3 is 2.79 bits per heavy atom. The number of hydrogen-bond acceptors (Lipinski definition) is 6. The van der Waals surface area contributed by atoms with E-state index in [0.717, 1.165) is 17.7 Å². The molecule has 0 radical (unpaired) electrons. The van der Waals surface area contributed by atoms with Crippen molar-refractivity contribution in [2.75, 3.05) is 26.2 Å². The minimum atomic E-state index is -0.156. The van der Waals surface area contributed by atoms with E-state index in [9.17, 15) is 9.59 Å². The predicted molar refractivity (Wildman–Crippen MR) is 106 cm³/mol. The fraction of sp³-hybridized carbons (Fsp3) is 0.526. The molecule has 1 saturated heterocycles. The first-order chi connectivity index (χ1) is 13.6. The largest absolute Gasteiger partial charge is 0.443 e. The highest BCUT2D eigenvalue weighted by atomic mass is 32.1. The monoisotopic (exact) mass is 403 g/mol. The third kappa shape index (κ3) is 4.53. The summed E-state index contributed by atoms with van der Waals surface area (Å²) in [6.45, 7) is 4.86. The fourth-order valence-corrected chi connectivity index (χ4v) is 3.86. The molecule has 1 atom stereocenters. The normalized spacial score (nSPS) is 18.7. The molecule has 1 aliphatic carbocycles. The first kappa shape index (κ1) is 18.9. The summed E-state index contributed by atoms with van der Waals surface area (Å²) in [5, 5.41) is 7.91. The summed E-state index contributed by atoms with van der Waals surface area (Å²) < 4.78 is 5.47. The van der Waals surface area contributed by atoms with Crippen molar-refractivity contribution < 1.29 is 14.0 Å². The van der Waals surface area contributed by atoms with E-state index >= 15 is 0 Å². The number of thiophene rings is 1. The second-order valence-corrected chi connectivity index (χ2v) is 8.21. The van der Waals surface area contributed by atoms with Crippen molar-refractivity contribution in [3.63, 3.8) is 0 Å². The molecular weight excluding hydrogens is 378 g/mol. The quantitative estimate of drug-likeness (QED) is 0.769. The summed E-state index contributed by atoms with van der Waals surface area (Å²) in [5.41, 5.74) is 0.695. The molecule has 8 nitrogen and oxygen atoms in total. The molecule has 0 aromatic carbocycles. The van der Waals surface area contributed by atoms with Gasteiger partial charge in [-0.15, -0.1) is 11.3 Å². The van der Waals surface area contributed by atoms with Crippen molar-refractivity contribution in [2.24, 2.45) is 0 Å². The summed E-state index contributed by atoms with van der Waals surface area (Å²) in [6.07, 6.45) is 3.76. The van der Waals surface area contributed by atoms with E-state index in [-0.39, 0.29) is 18.0 Å². The van der Waals surface area contributed by atoms with Gasteiger partial charge >= 0.3 is 6.03 Å². The lowest BCUT2D eigenvalue weighted by molar-refractivity contribution is -0.126. The molecular formula is C19H25N5O3S. The Labute approximate surface area is 167 Å². The number of rotatable bonds is 6. The Balaban J connectivity index is 1.21. The standard InChI is InChI=1S/C19H25N5O3S/c1-13(17(25)21-14-4-5-14)23-6-8-24(9-7-23)19(26)20-11-15-12-27-18(22-15)16-3-2-10-28-16/h2-3,10,12-14H,4-9,11H2,1H3,(H,20,26)(H,21,25). The number of nitrogens with zero attached hydrogens (tertiary/aromatic N) is 3. The minimum Gasteiger partial charge on any atom is -0.443 e. The Hall–Kier alpha value is -2.39. The van der Waals surface area contributed by atoms with Gasteiger partial charge in [-0.05, 0) is 31.2 Å². The van der Waals surface area contributed by atoms with E-state index in [2.05, 4.69) is 20.5 Å². The van der Waals surface area contributed by atoms with Crippen LogP contribution in [0.4, 0.5) is 4.79 Å². The molecule has 2 fully saturated rings. The van der Waals surface area contributed by atoms with Gasteiger partial charge in [0.15, 0.2) is 0 Å². The van der Waals surface area contributed by atoms with Crippen molar-refractivity contribution in [3.05, 3.63) is 29.5 Å². The van der Waals surface area contributed by atoms with Crippen LogP contribution in [0.1, 0.15) is 25.5 Å². The number of hydrogen-bond donors (Lipinski definition) is 2. The molecule has 9 heteroatoms. The van der Waals surface area contributed by atoms with E-state index in [0.29, 0.717) is 50.4 Å². The topological polar surface area (TPSA) is 90.7 Å². The summed E-state index contributed by atoms with van der Waals surface area (Å²) in [7, 11) is 0. The van der Waals surface area contributed by atoms with E-state index in [1.807, 2.05) is 24.4 Å². The molecule has 0 spiro atoms. The molecule has 150 valence electrons. The fourth-order valence-electron chi connectivity index (χ4n) is 3.21. The van der Waals surface area contributed by atoms with Crippen LogP contribution in [0.15, 0.2) is 28.2 Å². The summed E-state index contributed by atoms with van der Waals surface area (Å²) in [6, 6.07) is 4.00. The van der Waals surface area contributed by atoms with Gasteiger partial charge < -0.3 is 20.0 Å². The predicted octanol–water partition coefficient (Wildman–Crippen LogP) is 1.90. The second-order valence-electron chi connectivity index (χ2n) is 7.26. The molecule has 4 rings (SSSR count). The van der Waals surface area contributed by atoms with Crippen LogP contribution in [0.2, 0.25) is 0 Å². The molecule has 2 aromatic heterocycles. The van der Waals surface area contributed by atoms with Gasteiger partial charge in [0.2, 0.25) is 11.8 Å². The van der Waals surface area contributed by atoms with Crippen molar-refractivity contribution in [1.29, 1.82) is 0 Å². The SMILES string of the molecule is CC(C(=O)NC1CC1)N1CCN(C(=O)NCc2coc(-c3cccs3)n2)CC1. The van der Waals surface area contributed by atoms with E-state index < -0.39 is 0 Å². The van der Waals surface area contributed by atoms with Gasteiger partial charge in [0.05, 0.1) is 23.2 Å². The van der Waals surface area contributed by atoms with Gasteiger partial charge in [-0.3, -0.25) is 9.69 Å². The number of nitrogens with one attached hydrogen (secondary N) is 2. The van der Waals surface area contributed by atoms with Gasteiger partial charge in [0.25, 0.3) is 0 Å². The van der Waals surface area contributed by atoms with Gasteiger partial charge in [-0.25, -0.2) is 9.78 Å². The van der Waals surface area contributed by atoms with Crippen LogP contribution in [0.25, 0.3) is 10.8 Å². The van der Waals surface area contributed by atoms with Crippen LogP contribution in [-0.2, 0) is 11.3 Å². The average Bonchev–Trinajstić information content (AvgIpc) is 3.18. The highest BCUT2D eigenvalue weighted by molar-refractivity contribution is 7.13.